The molecule has 3 nitrogen and oxygen atoms in total. The number of carbonyl (C=O) groups excluding carboxylic acids is 1. The Morgan fingerprint density at radius 2 is 1.82 bits per heavy atom. The third-order valence-corrected chi connectivity index (χ3v) is 6.60. The average Bonchev–Trinajstić information content (AvgIpc) is 2.47. The Hall–Kier alpha value is -0.220. The fraction of sp³-hybridized carbons (Fsp3) is 0.944. The van der Waals surface area contributed by atoms with Crippen LogP contribution in [0.4, 0.5) is 0 Å². The predicted molar refractivity (Wildman–Crippen MR) is 94.0 cm³/mol. The molecule has 2 unspecified atom stereocenters. The third-order valence-electron chi connectivity index (χ3n) is 5.64. The molecule has 0 amide bonds. The molecule has 2 atom stereocenters. The van der Waals surface area contributed by atoms with E-state index in [4.69, 9.17) is 9.47 Å². The smallest absolute Gasteiger partial charge is 0.314 e. The van der Waals surface area contributed by atoms with Crippen LogP contribution in [0.5, 0.6) is 0 Å². The number of esters is 1. The Balaban J connectivity index is 2.95. The maximum atomic E-state index is 13.0. The van der Waals surface area contributed by atoms with Gasteiger partial charge in [-0.05, 0) is 30.6 Å². The summed E-state index contributed by atoms with van der Waals surface area (Å²) in [6, 6.07) is 0. The minimum atomic E-state index is -0.507. The number of hydrogen-bond acceptors (Lipinski definition) is 4. The summed E-state index contributed by atoms with van der Waals surface area (Å²) in [5, 5.41) is 0. The summed E-state index contributed by atoms with van der Waals surface area (Å²) in [5.41, 5.74) is -0.506. The van der Waals surface area contributed by atoms with E-state index in [-0.39, 0.29) is 23.1 Å². The normalized spacial score (nSPS) is 23.0. The predicted octanol–water partition coefficient (Wildman–Crippen LogP) is 4.89. The van der Waals surface area contributed by atoms with E-state index in [1.54, 1.807) is 11.8 Å². The molecule has 0 aromatic carbocycles. The van der Waals surface area contributed by atoms with Crippen molar-refractivity contribution in [2.75, 3.05) is 18.1 Å². The van der Waals surface area contributed by atoms with Gasteiger partial charge >= 0.3 is 5.97 Å². The van der Waals surface area contributed by atoms with Crippen LogP contribution in [0.25, 0.3) is 0 Å². The van der Waals surface area contributed by atoms with E-state index in [1.165, 1.54) is 0 Å². The molecular weight excluding hydrogens is 296 g/mol. The monoisotopic (exact) mass is 330 g/mol. The van der Waals surface area contributed by atoms with Gasteiger partial charge in [-0.15, -0.1) is 0 Å². The molecule has 4 heteroatoms. The number of rotatable bonds is 7. The SMILES string of the molecule is CCC(C)(C)CC(C)(C(=O)OC1CSCCO1)C(C)(C)CC. The highest BCUT2D eigenvalue weighted by Gasteiger charge is 2.50. The van der Waals surface area contributed by atoms with Gasteiger partial charge < -0.3 is 9.47 Å². The fourth-order valence-corrected chi connectivity index (χ4v) is 3.58. The average molecular weight is 331 g/mol. The molecule has 130 valence electrons. The lowest BCUT2D eigenvalue weighted by molar-refractivity contribution is -0.194. The number of carbonyl (C=O) groups is 1. The zero-order chi connectivity index (χ0) is 17.0. The molecule has 0 saturated carbocycles. The van der Waals surface area contributed by atoms with Crippen molar-refractivity contribution in [2.24, 2.45) is 16.2 Å². The van der Waals surface area contributed by atoms with Gasteiger partial charge in [-0.25, -0.2) is 0 Å². The van der Waals surface area contributed by atoms with Crippen LogP contribution in [0.15, 0.2) is 0 Å². The third kappa shape index (κ3) is 4.64. The molecule has 1 fully saturated rings. The van der Waals surface area contributed by atoms with Crippen molar-refractivity contribution in [3.05, 3.63) is 0 Å². The van der Waals surface area contributed by atoms with Crippen LogP contribution in [-0.4, -0.2) is 30.4 Å². The van der Waals surface area contributed by atoms with E-state index in [9.17, 15) is 4.79 Å². The summed E-state index contributed by atoms with van der Waals surface area (Å²) in [5.74, 6) is 1.62. The zero-order valence-electron chi connectivity index (χ0n) is 15.5. The van der Waals surface area contributed by atoms with Crippen LogP contribution in [0.1, 0.15) is 67.7 Å². The van der Waals surface area contributed by atoms with Crippen molar-refractivity contribution in [1.29, 1.82) is 0 Å². The van der Waals surface area contributed by atoms with E-state index in [2.05, 4.69) is 48.5 Å². The molecular formula is C18H34O3S. The highest BCUT2D eigenvalue weighted by molar-refractivity contribution is 7.99. The maximum absolute atomic E-state index is 13.0. The summed E-state index contributed by atoms with van der Waals surface area (Å²) < 4.78 is 11.3. The van der Waals surface area contributed by atoms with Crippen LogP contribution in [-0.2, 0) is 14.3 Å². The Labute approximate surface area is 140 Å². The molecule has 0 spiro atoms. The lowest BCUT2D eigenvalue weighted by Crippen LogP contribution is -2.47. The number of hydrogen-bond donors (Lipinski definition) is 0. The van der Waals surface area contributed by atoms with Crippen LogP contribution in [0.3, 0.4) is 0 Å². The first-order chi connectivity index (χ1) is 10.1. The van der Waals surface area contributed by atoms with Crippen LogP contribution in [0, 0.1) is 16.2 Å². The molecule has 0 aromatic rings. The van der Waals surface area contributed by atoms with Gasteiger partial charge in [0.25, 0.3) is 0 Å². The van der Waals surface area contributed by atoms with Gasteiger partial charge in [-0.2, -0.15) is 11.8 Å². The molecule has 0 aliphatic carbocycles. The van der Waals surface area contributed by atoms with E-state index in [0.717, 1.165) is 30.8 Å². The van der Waals surface area contributed by atoms with Crippen molar-refractivity contribution in [3.8, 4) is 0 Å². The molecule has 1 saturated heterocycles. The Morgan fingerprint density at radius 3 is 2.27 bits per heavy atom. The summed E-state index contributed by atoms with van der Waals surface area (Å²) in [4.78, 5) is 13.0. The minimum absolute atomic E-state index is 0.103. The van der Waals surface area contributed by atoms with Gasteiger partial charge in [0.1, 0.15) is 0 Å². The topological polar surface area (TPSA) is 35.5 Å². The Bertz CT molecular complexity index is 373. The largest absolute Gasteiger partial charge is 0.434 e. The minimum Gasteiger partial charge on any atom is -0.434 e. The molecule has 1 rings (SSSR count). The fourth-order valence-electron chi connectivity index (χ4n) is 2.84. The van der Waals surface area contributed by atoms with Gasteiger partial charge in [-0.1, -0.05) is 48.0 Å². The van der Waals surface area contributed by atoms with Crippen LogP contribution >= 0.6 is 11.8 Å². The van der Waals surface area contributed by atoms with Crippen molar-refractivity contribution in [3.63, 3.8) is 0 Å². The summed E-state index contributed by atoms with van der Waals surface area (Å²) in [6.45, 7) is 15.9. The molecule has 1 heterocycles. The first-order valence-electron chi connectivity index (χ1n) is 8.48. The molecule has 1 aliphatic rings. The Morgan fingerprint density at radius 1 is 1.18 bits per heavy atom. The Kier molecular flexibility index (Phi) is 6.82. The van der Waals surface area contributed by atoms with E-state index in [0.29, 0.717) is 6.61 Å². The van der Waals surface area contributed by atoms with Crippen LogP contribution < -0.4 is 0 Å². The number of thioether (sulfide) groups is 1. The molecule has 1 aliphatic heterocycles. The molecule has 22 heavy (non-hydrogen) atoms. The van der Waals surface area contributed by atoms with E-state index >= 15 is 0 Å². The maximum Gasteiger partial charge on any atom is 0.314 e. The highest BCUT2D eigenvalue weighted by atomic mass is 32.2. The zero-order valence-corrected chi connectivity index (χ0v) is 16.3. The first-order valence-corrected chi connectivity index (χ1v) is 9.64. The quantitative estimate of drug-likeness (QED) is 0.623. The first kappa shape index (κ1) is 19.8. The van der Waals surface area contributed by atoms with Gasteiger partial charge in [0.15, 0.2) is 0 Å². The van der Waals surface area contributed by atoms with E-state index in [1.807, 2.05) is 0 Å². The van der Waals surface area contributed by atoms with Gasteiger partial charge in [0, 0.05) is 5.75 Å². The van der Waals surface area contributed by atoms with Crippen molar-refractivity contribution in [2.45, 2.75) is 74.0 Å². The second-order valence-corrected chi connectivity index (χ2v) is 9.19. The number of ether oxygens (including phenoxy) is 2. The standard InChI is InChI=1S/C18H34O3S/c1-8-16(3,4)13-18(7,17(5,6)9-2)15(19)21-14-12-22-11-10-20-14/h14H,8-13H2,1-7H3. The van der Waals surface area contributed by atoms with Gasteiger partial charge in [0.05, 0.1) is 17.8 Å². The van der Waals surface area contributed by atoms with Crippen molar-refractivity contribution in [1.82, 2.24) is 0 Å². The van der Waals surface area contributed by atoms with Crippen LogP contribution in [0.2, 0.25) is 0 Å². The van der Waals surface area contributed by atoms with Crippen molar-refractivity contribution < 1.29 is 14.3 Å². The summed E-state index contributed by atoms with van der Waals surface area (Å²) in [7, 11) is 0. The molecule has 0 aromatic heterocycles. The molecule has 0 N–H and O–H groups in total. The lowest BCUT2D eigenvalue weighted by atomic mass is 9.58. The second kappa shape index (κ2) is 7.57. The van der Waals surface area contributed by atoms with Gasteiger partial charge in [0.2, 0.25) is 6.29 Å². The highest BCUT2D eigenvalue weighted by Crippen LogP contribution is 2.50. The lowest BCUT2D eigenvalue weighted by Gasteiger charge is -2.46. The van der Waals surface area contributed by atoms with Crippen molar-refractivity contribution >= 4 is 17.7 Å². The molecule has 0 bridgehead atoms. The second-order valence-electron chi connectivity index (χ2n) is 8.04. The summed E-state index contributed by atoms with van der Waals surface area (Å²) >= 11 is 1.78. The van der Waals surface area contributed by atoms with Gasteiger partial charge in [-0.3, -0.25) is 4.79 Å². The van der Waals surface area contributed by atoms with E-state index < -0.39 is 5.41 Å². The summed E-state index contributed by atoms with van der Waals surface area (Å²) in [6.07, 6.45) is 2.43. The molecule has 0 radical (unpaired) electrons.